The van der Waals surface area contributed by atoms with Gasteiger partial charge in [-0.15, -0.1) is 0 Å². The van der Waals surface area contributed by atoms with Crippen molar-refractivity contribution in [3.63, 3.8) is 0 Å². The minimum absolute atomic E-state index is 0.0396. The van der Waals surface area contributed by atoms with Gasteiger partial charge in [-0.2, -0.15) is 5.10 Å². The SMILES string of the molecule is C=NN(C(=O)/C(Cl)=C(\C)OCc1ccc(C(C)OCCF)cc1)C(C)(C)C. The molecule has 0 aromatic heterocycles. The summed E-state index contributed by atoms with van der Waals surface area (Å²) >= 11 is 6.17. The van der Waals surface area contributed by atoms with Gasteiger partial charge in [-0.3, -0.25) is 4.79 Å². The van der Waals surface area contributed by atoms with Crippen molar-refractivity contribution in [2.24, 2.45) is 5.10 Å². The number of benzene rings is 1. The summed E-state index contributed by atoms with van der Waals surface area (Å²) in [6, 6.07) is 7.58. The van der Waals surface area contributed by atoms with Crippen molar-refractivity contribution in [2.75, 3.05) is 13.3 Å². The summed E-state index contributed by atoms with van der Waals surface area (Å²) in [5.41, 5.74) is 1.31. The van der Waals surface area contributed by atoms with Gasteiger partial charge in [0.05, 0.1) is 18.2 Å². The highest BCUT2D eigenvalue weighted by atomic mass is 35.5. The molecule has 150 valence electrons. The molecule has 0 aliphatic rings. The first-order valence-corrected chi connectivity index (χ1v) is 9.06. The Hall–Kier alpha value is -1.92. The Labute approximate surface area is 165 Å². The molecule has 5 nitrogen and oxygen atoms in total. The summed E-state index contributed by atoms with van der Waals surface area (Å²) < 4.78 is 23.2. The molecule has 0 saturated heterocycles. The fourth-order valence-electron chi connectivity index (χ4n) is 2.28. The average molecular weight is 399 g/mol. The number of hydrogen-bond acceptors (Lipinski definition) is 4. The molecule has 0 heterocycles. The van der Waals surface area contributed by atoms with Crippen LogP contribution >= 0.6 is 11.6 Å². The Balaban J connectivity index is 2.74. The van der Waals surface area contributed by atoms with Gasteiger partial charge in [-0.1, -0.05) is 35.9 Å². The van der Waals surface area contributed by atoms with E-state index in [9.17, 15) is 9.18 Å². The van der Waals surface area contributed by atoms with E-state index >= 15 is 0 Å². The first-order valence-electron chi connectivity index (χ1n) is 8.68. The summed E-state index contributed by atoms with van der Waals surface area (Å²) in [6.07, 6.45) is -0.181. The fourth-order valence-corrected chi connectivity index (χ4v) is 2.42. The molecule has 0 spiro atoms. The maximum atomic E-state index is 12.5. The van der Waals surface area contributed by atoms with Crippen LogP contribution in [0.25, 0.3) is 0 Å². The molecule has 0 bridgehead atoms. The van der Waals surface area contributed by atoms with Gasteiger partial charge < -0.3 is 9.47 Å². The highest BCUT2D eigenvalue weighted by Gasteiger charge is 2.29. The van der Waals surface area contributed by atoms with Gasteiger partial charge in [-0.05, 0) is 45.7 Å². The number of amides is 1. The molecular formula is C20H28ClFN2O3. The number of alkyl halides is 1. The van der Waals surface area contributed by atoms with E-state index in [1.807, 2.05) is 52.0 Å². The van der Waals surface area contributed by atoms with Crippen LogP contribution in [0.5, 0.6) is 0 Å². The Morgan fingerprint density at radius 2 is 1.93 bits per heavy atom. The number of halogens is 2. The van der Waals surface area contributed by atoms with Crippen molar-refractivity contribution in [1.29, 1.82) is 0 Å². The molecule has 0 saturated carbocycles. The quantitative estimate of drug-likeness (QED) is 0.255. The molecule has 1 unspecified atom stereocenters. The highest BCUT2D eigenvalue weighted by molar-refractivity contribution is 6.42. The lowest BCUT2D eigenvalue weighted by Gasteiger charge is -2.30. The molecule has 1 atom stereocenters. The number of carbonyl (C=O) groups excluding carboxylic acids is 1. The lowest BCUT2D eigenvalue weighted by atomic mass is 10.1. The largest absolute Gasteiger partial charge is 0.492 e. The summed E-state index contributed by atoms with van der Waals surface area (Å²) in [6.45, 7) is 12.3. The van der Waals surface area contributed by atoms with Crippen molar-refractivity contribution in [2.45, 2.75) is 52.9 Å². The zero-order valence-corrected chi connectivity index (χ0v) is 17.3. The average Bonchev–Trinajstić information content (AvgIpc) is 2.63. The number of ether oxygens (including phenoxy) is 2. The van der Waals surface area contributed by atoms with Crippen LogP contribution in [0.2, 0.25) is 0 Å². The van der Waals surface area contributed by atoms with Crippen LogP contribution in [0.1, 0.15) is 51.8 Å². The number of carbonyl (C=O) groups is 1. The molecule has 0 radical (unpaired) electrons. The molecule has 27 heavy (non-hydrogen) atoms. The van der Waals surface area contributed by atoms with E-state index in [2.05, 4.69) is 11.8 Å². The summed E-state index contributed by atoms with van der Waals surface area (Å²) in [7, 11) is 0. The molecule has 0 N–H and O–H groups in total. The Kier molecular flexibility index (Phi) is 8.93. The fraction of sp³-hybridized carbons (Fsp3) is 0.500. The Morgan fingerprint density at radius 3 is 2.41 bits per heavy atom. The summed E-state index contributed by atoms with van der Waals surface area (Å²) in [5.74, 6) is -0.158. The van der Waals surface area contributed by atoms with Crippen LogP contribution in [-0.4, -0.2) is 36.5 Å². The van der Waals surface area contributed by atoms with Crippen LogP contribution in [0.3, 0.4) is 0 Å². The maximum Gasteiger partial charge on any atom is 0.289 e. The summed E-state index contributed by atoms with van der Waals surface area (Å²) in [5, 5.41) is 4.93. The zero-order chi connectivity index (χ0) is 20.6. The van der Waals surface area contributed by atoms with Gasteiger partial charge in [-0.25, -0.2) is 9.40 Å². The van der Waals surface area contributed by atoms with Crippen molar-refractivity contribution < 1.29 is 18.7 Å². The zero-order valence-electron chi connectivity index (χ0n) is 16.6. The minimum Gasteiger partial charge on any atom is -0.492 e. The van der Waals surface area contributed by atoms with Crippen molar-refractivity contribution in [3.8, 4) is 0 Å². The highest BCUT2D eigenvalue weighted by Crippen LogP contribution is 2.22. The molecule has 0 aliphatic heterocycles. The molecule has 7 heteroatoms. The topological polar surface area (TPSA) is 51.1 Å². The van der Waals surface area contributed by atoms with Gasteiger partial charge in [0, 0.05) is 6.72 Å². The van der Waals surface area contributed by atoms with E-state index in [0.29, 0.717) is 5.76 Å². The minimum atomic E-state index is -0.546. The second-order valence-corrected chi connectivity index (χ2v) is 7.41. The number of rotatable bonds is 9. The Morgan fingerprint density at radius 1 is 1.33 bits per heavy atom. The third-order valence-electron chi connectivity index (χ3n) is 3.82. The van der Waals surface area contributed by atoms with E-state index < -0.39 is 18.1 Å². The number of hydrogen-bond donors (Lipinski definition) is 0. The van der Waals surface area contributed by atoms with Crippen molar-refractivity contribution in [1.82, 2.24) is 5.01 Å². The molecule has 0 aliphatic carbocycles. The molecule has 1 aromatic rings. The second-order valence-electron chi connectivity index (χ2n) is 7.03. The normalized spacial score (nSPS) is 13.6. The van der Waals surface area contributed by atoms with Crippen LogP contribution in [0, 0.1) is 0 Å². The van der Waals surface area contributed by atoms with Crippen LogP contribution in [0.15, 0.2) is 40.2 Å². The third-order valence-corrected chi connectivity index (χ3v) is 4.24. The molecule has 0 fully saturated rings. The van der Waals surface area contributed by atoms with E-state index in [1.54, 1.807) is 6.92 Å². The van der Waals surface area contributed by atoms with E-state index in [0.717, 1.165) is 11.1 Å². The van der Waals surface area contributed by atoms with Crippen molar-refractivity contribution >= 4 is 24.2 Å². The number of nitrogens with zero attached hydrogens (tertiary/aromatic N) is 2. The number of allylic oxidation sites excluding steroid dienone is 1. The standard InChI is InChI=1S/C20H28ClFN2O3/c1-14(26-12-11-22)17-9-7-16(8-10-17)13-27-15(2)18(21)19(25)24(23-6)20(3,4)5/h7-10,14H,6,11-13H2,1-5H3/b18-15-. The smallest absolute Gasteiger partial charge is 0.289 e. The van der Waals surface area contributed by atoms with Crippen LogP contribution in [-0.2, 0) is 20.9 Å². The van der Waals surface area contributed by atoms with Crippen LogP contribution < -0.4 is 0 Å². The monoisotopic (exact) mass is 398 g/mol. The van der Waals surface area contributed by atoms with Gasteiger partial charge in [0.25, 0.3) is 5.91 Å². The van der Waals surface area contributed by atoms with E-state index in [-0.39, 0.29) is 24.4 Å². The predicted octanol–water partition coefficient (Wildman–Crippen LogP) is 4.96. The second kappa shape index (κ2) is 10.4. The first-order chi connectivity index (χ1) is 12.6. The van der Waals surface area contributed by atoms with Gasteiger partial charge in [0.15, 0.2) is 0 Å². The third kappa shape index (κ3) is 6.96. The number of hydrazone groups is 1. The Bertz CT molecular complexity index is 669. The van der Waals surface area contributed by atoms with Crippen LogP contribution in [0.4, 0.5) is 4.39 Å². The van der Waals surface area contributed by atoms with Gasteiger partial charge in [0.2, 0.25) is 0 Å². The molecule has 1 amide bonds. The predicted molar refractivity (Wildman–Crippen MR) is 106 cm³/mol. The first kappa shape index (κ1) is 23.1. The lowest BCUT2D eigenvalue weighted by Crippen LogP contribution is -2.41. The van der Waals surface area contributed by atoms with Crippen molar-refractivity contribution in [3.05, 3.63) is 46.2 Å². The maximum absolute atomic E-state index is 12.5. The lowest BCUT2D eigenvalue weighted by molar-refractivity contribution is -0.131. The summed E-state index contributed by atoms with van der Waals surface area (Å²) in [4.78, 5) is 12.5. The molecular weight excluding hydrogens is 371 g/mol. The molecule has 1 rings (SSSR count). The van der Waals surface area contributed by atoms with Gasteiger partial charge >= 0.3 is 0 Å². The molecule has 1 aromatic carbocycles. The van der Waals surface area contributed by atoms with Gasteiger partial charge in [0.1, 0.15) is 24.1 Å². The van der Waals surface area contributed by atoms with E-state index in [4.69, 9.17) is 21.1 Å². The van der Waals surface area contributed by atoms with E-state index in [1.165, 1.54) is 5.01 Å².